The molecule has 2 amide bonds. The van der Waals surface area contributed by atoms with Gasteiger partial charge >= 0.3 is 0 Å². The fourth-order valence-electron chi connectivity index (χ4n) is 2.50. The van der Waals surface area contributed by atoms with E-state index in [1.165, 1.54) is 5.56 Å². The van der Waals surface area contributed by atoms with Crippen LogP contribution in [0.15, 0.2) is 59.5 Å². The summed E-state index contributed by atoms with van der Waals surface area (Å²) in [6.07, 6.45) is -0.872. The smallest absolute Gasteiger partial charge is 0.269 e. The van der Waals surface area contributed by atoms with Crippen molar-refractivity contribution in [3.63, 3.8) is 0 Å². The van der Waals surface area contributed by atoms with Crippen LogP contribution in [0.25, 0.3) is 0 Å². The van der Waals surface area contributed by atoms with Crippen LogP contribution >= 0.6 is 23.5 Å². The molecule has 1 unspecified atom stereocenters. The van der Waals surface area contributed by atoms with Crippen LogP contribution in [0.4, 0.5) is 0 Å². The van der Waals surface area contributed by atoms with Gasteiger partial charge in [-0.3, -0.25) is 20.4 Å². The van der Waals surface area contributed by atoms with Crippen molar-refractivity contribution in [2.45, 2.75) is 48.3 Å². The van der Waals surface area contributed by atoms with E-state index < -0.39 is 24.0 Å². The largest absolute Gasteiger partial charge is 0.382 e. The monoisotopic (exact) mass is 447 g/mol. The van der Waals surface area contributed by atoms with Crippen LogP contribution in [0.2, 0.25) is 0 Å². The van der Waals surface area contributed by atoms with Crippen molar-refractivity contribution in [3.8, 4) is 0 Å². The van der Waals surface area contributed by atoms with Crippen molar-refractivity contribution in [2.24, 2.45) is 5.73 Å². The molecule has 0 aromatic heterocycles. The Morgan fingerprint density at radius 3 is 2.33 bits per heavy atom. The Kier molecular flexibility index (Phi) is 10.2. The van der Waals surface area contributed by atoms with Crippen molar-refractivity contribution >= 4 is 35.3 Å². The highest BCUT2D eigenvalue weighted by Gasteiger charge is 2.23. The van der Waals surface area contributed by atoms with Gasteiger partial charge in [-0.15, -0.1) is 11.8 Å². The van der Waals surface area contributed by atoms with E-state index >= 15 is 0 Å². The van der Waals surface area contributed by atoms with Gasteiger partial charge in [0.15, 0.2) is 0 Å². The number of carbonyl (C=O) groups excluding carboxylic acids is 2. The molecule has 0 heterocycles. The number of nitrogens with two attached hydrogens (primary N) is 1. The van der Waals surface area contributed by atoms with Gasteiger partial charge in [-0.05, 0) is 47.3 Å². The molecule has 2 rings (SSSR count). The lowest BCUT2D eigenvalue weighted by Crippen LogP contribution is -2.52. The van der Waals surface area contributed by atoms with Crippen LogP contribution in [0.5, 0.6) is 0 Å². The molecular weight excluding hydrogens is 418 g/mol. The van der Waals surface area contributed by atoms with E-state index in [-0.39, 0.29) is 0 Å². The van der Waals surface area contributed by atoms with Crippen LogP contribution < -0.4 is 16.6 Å². The third-order valence-corrected chi connectivity index (χ3v) is 6.46. The second-order valence-corrected chi connectivity index (χ2v) is 9.79. The molecule has 2 atom stereocenters. The molecule has 0 aliphatic heterocycles. The maximum Gasteiger partial charge on any atom is 0.269 e. The topological polar surface area (TPSA) is 104 Å². The number of amides is 2. The van der Waals surface area contributed by atoms with E-state index in [2.05, 4.69) is 36.8 Å². The molecule has 6 nitrogen and oxygen atoms in total. The zero-order valence-electron chi connectivity index (χ0n) is 17.2. The Morgan fingerprint density at radius 2 is 1.70 bits per heavy atom. The number of aliphatic hydroxyl groups is 1. The van der Waals surface area contributed by atoms with Gasteiger partial charge in [0, 0.05) is 22.3 Å². The van der Waals surface area contributed by atoms with Gasteiger partial charge in [0.25, 0.3) is 11.8 Å². The van der Waals surface area contributed by atoms with Gasteiger partial charge in [-0.25, -0.2) is 0 Å². The minimum atomic E-state index is -1.38. The van der Waals surface area contributed by atoms with Crippen molar-refractivity contribution in [1.82, 2.24) is 10.9 Å². The summed E-state index contributed by atoms with van der Waals surface area (Å²) in [5.74, 6) is 0.417. The van der Waals surface area contributed by atoms with Crippen molar-refractivity contribution in [2.75, 3.05) is 5.75 Å². The molecule has 2 aromatic rings. The second kappa shape index (κ2) is 12.6. The fraction of sp³-hybridized carbons (Fsp3) is 0.364. The standard InChI is InChI=1S/C22H29N3O3S2/c1-15(2)29-13-12-19(23)20(26)22(28)25-24-21(27)17-8-10-18(11-9-17)30-14-16-6-4-3-5-7-16/h3-11,15,19-20,26H,12-14,23H2,1-2H3,(H,24,27)(H,25,28)/t19-,20?/m1/s1. The molecule has 5 N–H and O–H groups in total. The summed E-state index contributed by atoms with van der Waals surface area (Å²) in [5, 5.41) is 10.5. The van der Waals surface area contributed by atoms with Gasteiger partial charge in [-0.2, -0.15) is 11.8 Å². The molecule has 0 spiro atoms. The quantitative estimate of drug-likeness (QED) is 0.330. The summed E-state index contributed by atoms with van der Waals surface area (Å²) in [5.41, 5.74) is 12.1. The fourth-order valence-corrected chi connectivity index (χ4v) is 4.23. The molecule has 30 heavy (non-hydrogen) atoms. The SMILES string of the molecule is CC(C)SCC[C@@H](N)C(O)C(=O)NNC(=O)c1ccc(SCc2ccccc2)cc1. The molecule has 0 aliphatic rings. The zero-order valence-corrected chi connectivity index (χ0v) is 18.8. The highest BCUT2D eigenvalue weighted by atomic mass is 32.2. The Balaban J connectivity index is 1.76. The number of benzene rings is 2. The first-order valence-electron chi connectivity index (χ1n) is 9.79. The molecule has 0 aliphatic carbocycles. The number of rotatable bonds is 10. The Morgan fingerprint density at radius 1 is 1.03 bits per heavy atom. The van der Waals surface area contributed by atoms with Gasteiger partial charge in [0.05, 0.1) is 0 Å². The zero-order chi connectivity index (χ0) is 21.9. The molecule has 162 valence electrons. The van der Waals surface area contributed by atoms with Crippen molar-refractivity contribution < 1.29 is 14.7 Å². The van der Waals surface area contributed by atoms with Crippen molar-refractivity contribution in [3.05, 3.63) is 65.7 Å². The van der Waals surface area contributed by atoms with E-state index in [0.29, 0.717) is 17.2 Å². The maximum atomic E-state index is 12.2. The van der Waals surface area contributed by atoms with E-state index in [1.807, 2.05) is 30.3 Å². The van der Waals surface area contributed by atoms with Crippen LogP contribution in [0, 0.1) is 0 Å². The maximum absolute atomic E-state index is 12.2. The normalized spacial score (nSPS) is 13.0. The minimum Gasteiger partial charge on any atom is -0.382 e. The lowest BCUT2D eigenvalue weighted by atomic mass is 10.1. The molecule has 0 fully saturated rings. The summed E-state index contributed by atoms with van der Waals surface area (Å²) in [6.45, 7) is 4.15. The number of hydrogen-bond donors (Lipinski definition) is 4. The first-order valence-corrected chi connectivity index (χ1v) is 11.8. The lowest BCUT2D eigenvalue weighted by molar-refractivity contribution is -0.131. The first-order chi connectivity index (χ1) is 14.4. The third-order valence-electron chi connectivity index (χ3n) is 4.24. The average Bonchev–Trinajstić information content (AvgIpc) is 2.76. The van der Waals surface area contributed by atoms with Gasteiger partial charge < -0.3 is 10.8 Å². The van der Waals surface area contributed by atoms with E-state index in [0.717, 1.165) is 16.4 Å². The first kappa shape index (κ1) is 24.3. The van der Waals surface area contributed by atoms with Gasteiger partial charge in [0.1, 0.15) is 6.10 Å². The number of thioether (sulfide) groups is 2. The molecule has 0 radical (unpaired) electrons. The van der Waals surface area contributed by atoms with Gasteiger partial charge in [0.2, 0.25) is 0 Å². The summed E-state index contributed by atoms with van der Waals surface area (Å²) in [7, 11) is 0. The second-order valence-electron chi connectivity index (χ2n) is 7.06. The summed E-state index contributed by atoms with van der Waals surface area (Å²) < 4.78 is 0. The van der Waals surface area contributed by atoms with E-state index in [9.17, 15) is 14.7 Å². The van der Waals surface area contributed by atoms with Crippen LogP contribution in [-0.4, -0.2) is 40.1 Å². The number of aliphatic hydroxyl groups excluding tert-OH is 1. The molecular formula is C22H29N3O3S2. The third kappa shape index (κ3) is 8.39. The summed E-state index contributed by atoms with van der Waals surface area (Å²) in [4.78, 5) is 25.3. The van der Waals surface area contributed by atoms with Crippen LogP contribution in [0.1, 0.15) is 36.2 Å². The Labute approximate surface area is 186 Å². The van der Waals surface area contributed by atoms with Gasteiger partial charge in [-0.1, -0.05) is 44.2 Å². The highest BCUT2D eigenvalue weighted by molar-refractivity contribution is 7.99. The molecule has 8 heteroatoms. The van der Waals surface area contributed by atoms with E-state index in [1.54, 1.807) is 35.7 Å². The van der Waals surface area contributed by atoms with Crippen LogP contribution in [0.3, 0.4) is 0 Å². The average molecular weight is 448 g/mol. The number of hydrazine groups is 1. The molecule has 0 saturated heterocycles. The minimum absolute atomic E-state index is 0.409. The number of carbonyl (C=O) groups is 2. The molecule has 0 bridgehead atoms. The predicted molar refractivity (Wildman–Crippen MR) is 124 cm³/mol. The summed E-state index contributed by atoms with van der Waals surface area (Å²) >= 11 is 3.39. The predicted octanol–water partition coefficient (Wildman–Crippen LogP) is 2.96. The lowest BCUT2D eigenvalue weighted by Gasteiger charge is -2.18. The summed E-state index contributed by atoms with van der Waals surface area (Å²) in [6, 6.07) is 16.6. The molecule has 2 aromatic carbocycles. The highest BCUT2D eigenvalue weighted by Crippen LogP contribution is 2.23. The Hall–Kier alpha value is -2.00. The van der Waals surface area contributed by atoms with E-state index in [4.69, 9.17) is 5.73 Å². The number of nitrogens with one attached hydrogen (secondary N) is 2. The Bertz CT molecular complexity index is 801. The molecule has 0 saturated carbocycles. The van der Waals surface area contributed by atoms with Crippen molar-refractivity contribution in [1.29, 1.82) is 0 Å². The van der Waals surface area contributed by atoms with Crippen LogP contribution in [-0.2, 0) is 10.5 Å². The number of hydrogen-bond acceptors (Lipinski definition) is 6.